The Balaban J connectivity index is 1.69. The van der Waals surface area contributed by atoms with E-state index in [4.69, 9.17) is 22.1 Å². The number of benzene rings is 1. The van der Waals surface area contributed by atoms with Gasteiger partial charge in [-0.2, -0.15) is 5.10 Å². The standard InChI is InChI=1S/C17H23ClN4O2/c1-21-13(4-6-20-21)11-24-16-3-2-12-9-22(10-14(23)8-19)7-5-15(12)17(16)18/h2-4,6,14,23H,5,7-11,19H2,1H3. The topological polar surface area (TPSA) is 76.5 Å². The highest BCUT2D eigenvalue weighted by Gasteiger charge is 2.22. The Hall–Kier alpha value is -1.60. The maximum Gasteiger partial charge on any atom is 0.138 e. The number of aryl methyl sites for hydroxylation is 1. The lowest BCUT2D eigenvalue weighted by molar-refractivity contribution is 0.111. The van der Waals surface area contributed by atoms with E-state index in [0.717, 1.165) is 30.8 Å². The third kappa shape index (κ3) is 3.72. The molecule has 0 fully saturated rings. The maximum absolute atomic E-state index is 9.72. The molecule has 1 aliphatic heterocycles. The molecule has 1 atom stereocenters. The van der Waals surface area contributed by atoms with Crippen LogP contribution in [-0.2, 0) is 26.6 Å². The smallest absolute Gasteiger partial charge is 0.138 e. The predicted molar refractivity (Wildman–Crippen MR) is 93.0 cm³/mol. The molecule has 1 unspecified atom stereocenters. The fourth-order valence-electron chi connectivity index (χ4n) is 2.98. The molecule has 6 nitrogen and oxygen atoms in total. The molecule has 1 aliphatic rings. The monoisotopic (exact) mass is 350 g/mol. The molecule has 3 N–H and O–H groups in total. The van der Waals surface area contributed by atoms with Gasteiger partial charge in [0.2, 0.25) is 0 Å². The van der Waals surface area contributed by atoms with Crippen LogP contribution >= 0.6 is 11.6 Å². The van der Waals surface area contributed by atoms with E-state index < -0.39 is 6.10 Å². The highest BCUT2D eigenvalue weighted by molar-refractivity contribution is 6.33. The highest BCUT2D eigenvalue weighted by atomic mass is 35.5. The van der Waals surface area contributed by atoms with Gasteiger partial charge in [0.05, 0.1) is 16.8 Å². The Bertz CT molecular complexity index is 704. The van der Waals surface area contributed by atoms with Crippen LogP contribution in [0, 0.1) is 0 Å². The van der Waals surface area contributed by atoms with Crippen molar-refractivity contribution < 1.29 is 9.84 Å². The van der Waals surface area contributed by atoms with Crippen LogP contribution in [0.2, 0.25) is 5.02 Å². The van der Waals surface area contributed by atoms with Gasteiger partial charge in [-0.15, -0.1) is 0 Å². The van der Waals surface area contributed by atoms with E-state index in [1.807, 2.05) is 19.2 Å². The lowest BCUT2D eigenvalue weighted by Crippen LogP contribution is -2.39. The molecule has 0 bridgehead atoms. The average Bonchev–Trinajstić information content (AvgIpc) is 2.99. The lowest BCUT2D eigenvalue weighted by atomic mass is 9.99. The quantitative estimate of drug-likeness (QED) is 0.822. The van der Waals surface area contributed by atoms with Gasteiger partial charge in [-0.25, -0.2) is 0 Å². The summed E-state index contributed by atoms with van der Waals surface area (Å²) in [6, 6.07) is 5.90. The molecule has 3 rings (SSSR count). The van der Waals surface area contributed by atoms with Gasteiger partial charge < -0.3 is 15.6 Å². The van der Waals surface area contributed by atoms with Gasteiger partial charge in [0, 0.05) is 39.4 Å². The van der Waals surface area contributed by atoms with Gasteiger partial charge in [0.25, 0.3) is 0 Å². The van der Waals surface area contributed by atoms with Gasteiger partial charge in [-0.1, -0.05) is 17.7 Å². The van der Waals surface area contributed by atoms with Gasteiger partial charge in [0.15, 0.2) is 0 Å². The highest BCUT2D eigenvalue weighted by Crippen LogP contribution is 2.34. The van der Waals surface area contributed by atoms with Crippen LogP contribution in [-0.4, -0.2) is 45.5 Å². The van der Waals surface area contributed by atoms with Gasteiger partial charge in [-0.05, 0) is 29.7 Å². The molecular formula is C17H23ClN4O2. The first-order valence-electron chi connectivity index (χ1n) is 8.09. The number of rotatable bonds is 6. The number of nitrogens with zero attached hydrogens (tertiary/aromatic N) is 3. The van der Waals surface area contributed by atoms with Crippen molar-refractivity contribution in [1.29, 1.82) is 0 Å². The summed E-state index contributed by atoms with van der Waals surface area (Å²) < 4.78 is 7.66. The van der Waals surface area contributed by atoms with Crippen LogP contribution in [0.5, 0.6) is 5.75 Å². The van der Waals surface area contributed by atoms with Crippen molar-refractivity contribution in [1.82, 2.24) is 14.7 Å². The molecule has 0 saturated carbocycles. The van der Waals surface area contributed by atoms with E-state index in [0.29, 0.717) is 23.9 Å². The van der Waals surface area contributed by atoms with Crippen LogP contribution < -0.4 is 10.5 Å². The second-order valence-corrected chi connectivity index (χ2v) is 6.50. The van der Waals surface area contributed by atoms with E-state index in [-0.39, 0.29) is 6.54 Å². The third-order valence-corrected chi connectivity index (χ3v) is 4.83. The Morgan fingerprint density at radius 3 is 2.96 bits per heavy atom. The number of halogens is 1. The molecule has 130 valence electrons. The fourth-order valence-corrected chi connectivity index (χ4v) is 3.32. The number of aliphatic hydroxyl groups is 1. The zero-order chi connectivity index (χ0) is 17.1. The average molecular weight is 351 g/mol. The van der Waals surface area contributed by atoms with Gasteiger partial charge in [-0.3, -0.25) is 9.58 Å². The summed E-state index contributed by atoms with van der Waals surface area (Å²) in [5, 5.41) is 14.5. The minimum atomic E-state index is -0.483. The van der Waals surface area contributed by atoms with E-state index >= 15 is 0 Å². The molecule has 0 amide bonds. The number of ether oxygens (including phenoxy) is 1. The van der Waals surface area contributed by atoms with Crippen molar-refractivity contribution in [2.45, 2.75) is 25.7 Å². The van der Waals surface area contributed by atoms with Crippen molar-refractivity contribution in [2.24, 2.45) is 12.8 Å². The minimum absolute atomic E-state index is 0.283. The Labute approximate surface area is 146 Å². The predicted octanol–water partition coefficient (Wildman–Crippen LogP) is 1.33. The van der Waals surface area contributed by atoms with Gasteiger partial charge in [0.1, 0.15) is 12.4 Å². The maximum atomic E-state index is 9.72. The molecule has 0 spiro atoms. The summed E-state index contributed by atoms with van der Waals surface area (Å²) >= 11 is 6.55. The van der Waals surface area contributed by atoms with Gasteiger partial charge >= 0.3 is 0 Å². The van der Waals surface area contributed by atoms with Crippen LogP contribution in [0.1, 0.15) is 16.8 Å². The van der Waals surface area contributed by atoms with Crippen LogP contribution in [0.4, 0.5) is 0 Å². The molecule has 24 heavy (non-hydrogen) atoms. The summed E-state index contributed by atoms with van der Waals surface area (Å²) in [4.78, 5) is 2.20. The SMILES string of the molecule is Cn1nccc1COc1ccc2c(c1Cl)CCN(CC(O)CN)C2. The van der Waals surface area contributed by atoms with Crippen molar-refractivity contribution in [3.05, 3.63) is 46.2 Å². The third-order valence-electron chi connectivity index (χ3n) is 4.42. The fraction of sp³-hybridized carbons (Fsp3) is 0.471. The summed E-state index contributed by atoms with van der Waals surface area (Å²) in [6.07, 6.45) is 2.11. The largest absolute Gasteiger partial charge is 0.486 e. The molecule has 2 heterocycles. The van der Waals surface area contributed by atoms with Crippen LogP contribution in [0.3, 0.4) is 0 Å². The number of hydrogen-bond donors (Lipinski definition) is 2. The zero-order valence-corrected chi connectivity index (χ0v) is 14.5. The zero-order valence-electron chi connectivity index (χ0n) is 13.8. The number of aliphatic hydroxyl groups excluding tert-OH is 1. The molecular weight excluding hydrogens is 328 g/mol. The summed E-state index contributed by atoms with van der Waals surface area (Å²) in [7, 11) is 1.89. The van der Waals surface area contributed by atoms with Crippen molar-refractivity contribution >= 4 is 11.6 Å². The Morgan fingerprint density at radius 1 is 1.42 bits per heavy atom. The summed E-state index contributed by atoms with van der Waals surface area (Å²) in [5.41, 5.74) is 8.80. The second kappa shape index (κ2) is 7.53. The van der Waals surface area contributed by atoms with Crippen molar-refractivity contribution in [3.63, 3.8) is 0 Å². The Morgan fingerprint density at radius 2 is 2.25 bits per heavy atom. The van der Waals surface area contributed by atoms with E-state index in [1.54, 1.807) is 10.9 Å². The lowest BCUT2D eigenvalue weighted by Gasteiger charge is -2.31. The van der Waals surface area contributed by atoms with Crippen LogP contribution in [0.15, 0.2) is 24.4 Å². The molecule has 0 radical (unpaired) electrons. The molecule has 2 aromatic rings. The molecule has 1 aromatic heterocycles. The number of fused-ring (bicyclic) bond motifs is 1. The number of hydrogen-bond acceptors (Lipinski definition) is 5. The van der Waals surface area contributed by atoms with Crippen molar-refractivity contribution in [3.8, 4) is 5.75 Å². The van der Waals surface area contributed by atoms with Crippen molar-refractivity contribution in [2.75, 3.05) is 19.6 Å². The molecule has 1 aromatic carbocycles. The summed E-state index contributed by atoms with van der Waals surface area (Å²) in [6.45, 7) is 2.93. The number of β-amino-alcohol motifs (C(OH)–C–C–N with tert-alkyl or cyclic N) is 1. The summed E-state index contributed by atoms with van der Waals surface area (Å²) in [5.74, 6) is 0.701. The molecule has 0 aliphatic carbocycles. The number of nitrogens with two attached hydrogens (primary N) is 1. The first-order chi connectivity index (χ1) is 11.6. The second-order valence-electron chi connectivity index (χ2n) is 6.12. The van der Waals surface area contributed by atoms with E-state index in [9.17, 15) is 5.11 Å². The minimum Gasteiger partial charge on any atom is -0.486 e. The first kappa shape index (κ1) is 17.2. The normalized spacial score (nSPS) is 16.0. The Kier molecular flexibility index (Phi) is 5.40. The molecule has 7 heteroatoms. The number of aromatic nitrogens is 2. The van der Waals surface area contributed by atoms with Crippen LogP contribution in [0.25, 0.3) is 0 Å². The first-order valence-corrected chi connectivity index (χ1v) is 8.46. The van der Waals surface area contributed by atoms with E-state index in [2.05, 4.69) is 16.1 Å². The van der Waals surface area contributed by atoms with E-state index in [1.165, 1.54) is 5.56 Å². The molecule has 0 saturated heterocycles.